The lowest BCUT2D eigenvalue weighted by Gasteiger charge is -2.12. The van der Waals surface area contributed by atoms with Crippen molar-refractivity contribution >= 4 is 22.8 Å². The largest absolute Gasteiger partial charge is 0.465 e. The highest BCUT2D eigenvalue weighted by Gasteiger charge is 2.20. The van der Waals surface area contributed by atoms with E-state index in [4.69, 9.17) is 15.2 Å². The number of fused-ring (bicyclic) bond motifs is 1. The Labute approximate surface area is 195 Å². The number of hydrogen-bond acceptors (Lipinski definition) is 6. The smallest absolute Gasteiger partial charge is 0.340 e. The number of rotatable bonds is 8. The lowest BCUT2D eigenvalue weighted by Crippen LogP contribution is -2.13. The highest BCUT2D eigenvalue weighted by Crippen LogP contribution is 2.28. The summed E-state index contributed by atoms with van der Waals surface area (Å²) in [7, 11) is 1.35. The zero-order valence-corrected chi connectivity index (χ0v) is 18.8. The zero-order valence-electron chi connectivity index (χ0n) is 18.8. The standard InChI is InChI=1S/C25H23N5O4/c1-3-34-25-27-21-10-6-9-20(24(31)33-2)22(21)30(25)15-16-11-13-17(14-12-16)18-7-4-5-8-19(18)23(26)28-29-32/h4-14H,3,15H2,1-2H3,(H2,26,28,32). The third-order valence-electron chi connectivity index (χ3n) is 5.37. The number of esters is 1. The van der Waals surface area contributed by atoms with Crippen LogP contribution in [0.15, 0.2) is 77.1 Å². The van der Waals surface area contributed by atoms with E-state index in [-0.39, 0.29) is 5.84 Å². The first-order chi connectivity index (χ1) is 16.6. The van der Waals surface area contributed by atoms with Gasteiger partial charge < -0.3 is 15.2 Å². The molecule has 0 aliphatic rings. The number of amidine groups is 1. The van der Waals surface area contributed by atoms with Gasteiger partial charge in [0.25, 0.3) is 6.01 Å². The Balaban J connectivity index is 1.73. The van der Waals surface area contributed by atoms with E-state index >= 15 is 0 Å². The summed E-state index contributed by atoms with van der Waals surface area (Å²) in [6.45, 7) is 2.75. The highest BCUT2D eigenvalue weighted by molar-refractivity contribution is 6.03. The van der Waals surface area contributed by atoms with Gasteiger partial charge in [-0.15, -0.1) is 4.91 Å². The van der Waals surface area contributed by atoms with Crippen LogP contribution in [0.5, 0.6) is 6.01 Å². The molecule has 0 saturated heterocycles. The third kappa shape index (κ3) is 4.36. The van der Waals surface area contributed by atoms with Crippen molar-refractivity contribution in [3.63, 3.8) is 0 Å². The van der Waals surface area contributed by atoms with E-state index in [1.54, 1.807) is 18.2 Å². The summed E-state index contributed by atoms with van der Waals surface area (Å²) < 4.78 is 12.6. The van der Waals surface area contributed by atoms with Crippen LogP contribution in [-0.2, 0) is 11.3 Å². The second-order valence-electron chi connectivity index (χ2n) is 7.39. The summed E-state index contributed by atoms with van der Waals surface area (Å²) in [6, 6.07) is 21.0. The van der Waals surface area contributed by atoms with Crippen molar-refractivity contribution in [3.05, 3.63) is 88.3 Å². The number of nitroso groups, excluding NO2 is 1. The van der Waals surface area contributed by atoms with E-state index in [0.717, 1.165) is 16.7 Å². The summed E-state index contributed by atoms with van der Waals surface area (Å²) >= 11 is 0. The van der Waals surface area contributed by atoms with Crippen molar-refractivity contribution < 1.29 is 14.3 Å². The number of nitrogens with zero attached hydrogens (tertiary/aromatic N) is 4. The molecule has 0 atom stereocenters. The quantitative estimate of drug-likeness (QED) is 0.138. The fourth-order valence-electron chi connectivity index (χ4n) is 3.85. The van der Waals surface area contributed by atoms with E-state index in [1.807, 2.05) is 60.0 Å². The van der Waals surface area contributed by atoms with Crippen LogP contribution in [0, 0.1) is 4.91 Å². The van der Waals surface area contributed by atoms with Crippen LogP contribution >= 0.6 is 0 Å². The molecule has 4 aromatic rings. The number of ether oxygens (including phenoxy) is 2. The van der Waals surface area contributed by atoms with Crippen molar-refractivity contribution in [2.45, 2.75) is 13.5 Å². The molecule has 0 fully saturated rings. The van der Waals surface area contributed by atoms with Gasteiger partial charge in [0.2, 0.25) is 0 Å². The van der Waals surface area contributed by atoms with Gasteiger partial charge in [0.05, 0.1) is 42.1 Å². The molecule has 0 radical (unpaired) electrons. The first-order valence-corrected chi connectivity index (χ1v) is 10.6. The van der Waals surface area contributed by atoms with Crippen LogP contribution in [0.1, 0.15) is 28.4 Å². The summed E-state index contributed by atoms with van der Waals surface area (Å²) in [4.78, 5) is 27.5. The molecule has 172 valence electrons. The van der Waals surface area contributed by atoms with Crippen LogP contribution in [0.2, 0.25) is 0 Å². The molecule has 0 aliphatic heterocycles. The lowest BCUT2D eigenvalue weighted by atomic mass is 9.98. The Hall–Kier alpha value is -4.53. The second-order valence-corrected chi connectivity index (χ2v) is 7.39. The molecule has 0 saturated carbocycles. The predicted molar refractivity (Wildman–Crippen MR) is 130 cm³/mol. The minimum Gasteiger partial charge on any atom is -0.465 e. The molecule has 4 rings (SSSR count). The van der Waals surface area contributed by atoms with E-state index < -0.39 is 5.97 Å². The fraction of sp³-hybridized carbons (Fsp3) is 0.160. The number of para-hydroxylation sites is 1. The molecule has 34 heavy (non-hydrogen) atoms. The second kappa shape index (κ2) is 9.95. The van der Waals surface area contributed by atoms with Gasteiger partial charge in [-0.2, -0.15) is 4.98 Å². The molecule has 1 heterocycles. The molecule has 0 bridgehead atoms. The maximum atomic E-state index is 12.4. The Bertz CT molecular complexity index is 1380. The number of carbonyl (C=O) groups excluding carboxylic acids is 1. The van der Waals surface area contributed by atoms with Crippen LogP contribution in [-0.4, -0.2) is 35.1 Å². The van der Waals surface area contributed by atoms with Crippen molar-refractivity contribution in [2.24, 2.45) is 16.1 Å². The number of benzene rings is 3. The van der Waals surface area contributed by atoms with Gasteiger partial charge in [0, 0.05) is 5.56 Å². The Kier molecular flexibility index (Phi) is 6.63. The monoisotopic (exact) mass is 457 g/mol. The minimum absolute atomic E-state index is 0.0521. The molecule has 3 aromatic carbocycles. The van der Waals surface area contributed by atoms with Crippen LogP contribution in [0.4, 0.5) is 0 Å². The topological polar surface area (TPSA) is 121 Å². The zero-order chi connectivity index (χ0) is 24.1. The average molecular weight is 457 g/mol. The molecular formula is C25H23N5O4. The molecule has 9 nitrogen and oxygen atoms in total. The van der Waals surface area contributed by atoms with Gasteiger partial charge in [-0.3, -0.25) is 4.57 Å². The summed E-state index contributed by atoms with van der Waals surface area (Å²) in [5.41, 5.74) is 10.9. The number of hydrogen-bond donors (Lipinski definition) is 1. The molecule has 2 N–H and O–H groups in total. The average Bonchev–Trinajstić information content (AvgIpc) is 3.21. The van der Waals surface area contributed by atoms with Crippen molar-refractivity contribution in [3.8, 4) is 17.1 Å². The molecule has 0 unspecified atom stereocenters. The van der Waals surface area contributed by atoms with Gasteiger partial charge in [-0.1, -0.05) is 59.7 Å². The Morgan fingerprint density at radius 3 is 2.47 bits per heavy atom. The molecule has 0 amide bonds. The van der Waals surface area contributed by atoms with Gasteiger partial charge in [0.15, 0.2) is 5.84 Å². The van der Waals surface area contributed by atoms with Gasteiger partial charge in [-0.25, -0.2) is 4.79 Å². The molecule has 0 aliphatic carbocycles. The molecule has 1 aromatic heterocycles. The van der Waals surface area contributed by atoms with E-state index in [9.17, 15) is 9.70 Å². The predicted octanol–water partition coefficient (Wildman–Crippen LogP) is 4.32. The van der Waals surface area contributed by atoms with Crippen molar-refractivity contribution in [1.29, 1.82) is 0 Å². The normalized spacial score (nSPS) is 11.4. The number of carbonyl (C=O) groups is 1. The first-order valence-electron chi connectivity index (χ1n) is 10.6. The SMILES string of the molecule is CCOc1nc2cccc(C(=O)OC)c2n1Cc1ccc(-c2ccccc2/C(N)=N/N=O)cc1. The highest BCUT2D eigenvalue weighted by atomic mass is 16.5. The van der Waals surface area contributed by atoms with E-state index in [0.29, 0.717) is 41.3 Å². The molecular weight excluding hydrogens is 434 g/mol. The number of methoxy groups -OCH3 is 1. The minimum atomic E-state index is -0.439. The Morgan fingerprint density at radius 2 is 1.76 bits per heavy atom. The molecule has 9 heteroatoms. The molecule has 0 spiro atoms. The van der Waals surface area contributed by atoms with Gasteiger partial charge in [-0.05, 0) is 35.7 Å². The van der Waals surface area contributed by atoms with Crippen LogP contribution in [0.25, 0.3) is 22.2 Å². The maximum Gasteiger partial charge on any atom is 0.340 e. The maximum absolute atomic E-state index is 12.4. The van der Waals surface area contributed by atoms with Gasteiger partial charge in [0.1, 0.15) is 0 Å². The number of imidazole rings is 1. The number of nitrogens with two attached hydrogens (primary N) is 1. The third-order valence-corrected chi connectivity index (χ3v) is 5.37. The van der Waals surface area contributed by atoms with Crippen LogP contribution in [0.3, 0.4) is 0 Å². The number of aromatic nitrogens is 2. The van der Waals surface area contributed by atoms with Crippen molar-refractivity contribution in [1.82, 2.24) is 9.55 Å². The van der Waals surface area contributed by atoms with Gasteiger partial charge >= 0.3 is 5.97 Å². The van der Waals surface area contributed by atoms with E-state index in [2.05, 4.69) is 15.4 Å². The van der Waals surface area contributed by atoms with Crippen LogP contribution < -0.4 is 10.5 Å². The Morgan fingerprint density at radius 1 is 1.03 bits per heavy atom. The summed E-state index contributed by atoms with van der Waals surface area (Å²) in [5.74, 6) is -0.387. The van der Waals surface area contributed by atoms with Crippen molar-refractivity contribution in [2.75, 3.05) is 13.7 Å². The fourth-order valence-corrected chi connectivity index (χ4v) is 3.85. The summed E-state index contributed by atoms with van der Waals surface area (Å²) in [6.07, 6.45) is 0. The first kappa shape index (κ1) is 22.7. The van der Waals surface area contributed by atoms with E-state index in [1.165, 1.54) is 7.11 Å². The summed E-state index contributed by atoms with van der Waals surface area (Å²) in [5, 5.41) is 5.97. The lowest BCUT2D eigenvalue weighted by molar-refractivity contribution is 0.0602.